The molecule has 1 saturated heterocycles. The van der Waals surface area contributed by atoms with Crippen molar-refractivity contribution in [3.63, 3.8) is 0 Å². The number of carbonyl (C=O) groups excluding carboxylic acids is 2. The second-order valence-electron chi connectivity index (χ2n) is 4.42. The van der Waals surface area contributed by atoms with Gasteiger partial charge in [-0.3, -0.25) is 4.79 Å². The largest absolute Gasteiger partial charge is 0.545 e. The zero-order valence-corrected chi connectivity index (χ0v) is 12.6. The number of carbonyl (C=O) groups is 2. The average molecular weight is 330 g/mol. The van der Waals surface area contributed by atoms with Crippen LogP contribution >= 0.6 is 24.0 Å². The number of nitrogens with one attached hydrogen (secondary N) is 1. The molecule has 0 bridgehead atoms. The molecule has 1 aromatic heterocycles. The number of aromatic carboxylic acids is 1. The van der Waals surface area contributed by atoms with Crippen LogP contribution in [-0.4, -0.2) is 16.2 Å². The van der Waals surface area contributed by atoms with E-state index in [9.17, 15) is 14.7 Å². The smallest absolute Gasteiger partial charge is 0.263 e. The second kappa shape index (κ2) is 5.78. The molecule has 110 valence electrons. The lowest BCUT2D eigenvalue weighted by molar-refractivity contribution is -0.255. The number of rotatable bonds is 3. The van der Waals surface area contributed by atoms with Crippen molar-refractivity contribution in [3.8, 4) is 11.3 Å². The van der Waals surface area contributed by atoms with Crippen molar-refractivity contribution in [1.29, 1.82) is 0 Å². The van der Waals surface area contributed by atoms with Crippen LogP contribution < -0.4 is 10.4 Å². The lowest BCUT2D eigenvalue weighted by Crippen LogP contribution is -2.22. The van der Waals surface area contributed by atoms with Crippen LogP contribution in [0.4, 0.5) is 0 Å². The predicted molar refractivity (Wildman–Crippen MR) is 84.8 cm³/mol. The van der Waals surface area contributed by atoms with E-state index in [0.29, 0.717) is 26.3 Å². The highest BCUT2D eigenvalue weighted by Gasteiger charge is 2.22. The van der Waals surface area contributed by atoms with Gasteiger partial charge in [-0.05, 0) is 23.8 Å². The molecule has 0 radical (unpaired) electrons. The Labute approximate surface area is 135 Å². The Morgan fingerprint density at radius 3 is 2.82 bits per heavy atom. The van der Waals surface area contributed by atoms with E-state index in [1.54, 1.807) is 30.3 Å². The molecular formula is C15H8NO4S2-. The van der Waals surface area contributed by atoms with Gasteiger partial charge in [0.25, 0.3) is 5.91 Å². The van der Waals surface area contributed by atoms with E-state index in [0.717, 1.165) is 0 Å². The molecule has 0 spiro atoms. The SMILES string of the molecule is O=C1NC(=S)S/C1=C\c1ccc(-c2cccc(C(=O)[O-])c2)o1. The zero-order chi connectivity index (χ0) is 15.7. The molecule has 0 unspecified atom stereocenters. The molecule has 0 atom stereocenters. The first kappa shape index (κ1) is 14.6. The van der Waals surface area contributed by atoms with Gasteiger partial charge < -0.3 is 19.6 Å². The van der Waals surface area contributed by atoms with Gasteiger partial charge in [0.2, 0.25) is 0 Å². The van der Waals surface area contributed by atoms with Gasteiger partial charge in [0.15, 0.2) is 0 Å². The molecular weight excluding hydrogens is 322 g/mol. The Hall–Kier alpha value is -2.38. The molecule has 0 saturated carbocycles. The maximum absolute atomic E-state index is 11.6. The van der Waals surface area contributed by atoms with Gasteiger partial charge in [-0.25, -0.2) is 0 Å². The Kier molecular flexibility index (Phi) is 3.82. The molecule has 5 nitrogen and oxygen atoms in total. The van der Waals surface area contributed by atoms with Crippen LogP contribution in [0.15, 0.2) is 45.7 Å². The van der Waals surface area contributed by atoms with Crippen LogP contribution in [0.1, 0.15) is 16.1 Å². The molecule has 1 amide bonds. The third-order valence-corrected chi connectivity index (χ3v) is 4.09. The molecule has 7 heteroatoms. The quantitative estimate of drug-likeness (QED) is 0.682. The summed E-state index contributed by atoms with van der Waals surface area (Å²) < 4.78 is 6.03. The minimum absolute atomic E-state index is 0.0740. The Morgan fingerprint density at radius 2 is 2.14 bits per heavy atom. The lowest BCUT2D eigenvalue weighted by atomic mass is 10.1. The van der Waals surface area contributed by atoms with Crippen molar-refractivity contribution in [2.75, 3.05) is 0 Å². The van der Waals surface area contributed by atoms with Crippen molar-refractivity contribution < 1.29 is 19.1 Å². The Balaban J connectivity index is 1.90. The van der Waals surface area contributed by atoms with Gasteiger partial charge in [-0.15, -0.1) is 0 Å². The van der Waals surface area contributed by atoms with Crippen LogP contribution in [0.25, 0.3) is 17.4 Å². The Bertz CT molecular complexity index is 822. The van der Waals surface area contributed by atoms with Crippen LogP contribution in [0.5, 0.6) is 0 Å². The third-order valence-electron chi connectivity index (χ3n) is 2.92. The number of hydrogen-bond donors (Lipinski definition) is 1. The molecule has 2 aromatic rings. The van der Waals surface area contributed by atoms with Crippen molar-refractivity contribution in [2.45, 2.75) is 0 Å². The van der Waals surface area contributed by atoms with Gasteiger partial charge in [0.05, 0.1) is 10.9 Å². The molecule has 3 rings (SSSR count). The highest BCUT2D eigenvalue weighted by atomic mass is 32.2. The van der Waals surface area contributed by atoms with Crippen LogP contribution in [0.2, 0.25) is 0 Å². The van der Waals surface area contributed by atoms with E-state index in [2.05, 4.69) is 5.32 Å². The van der Waals surface area contributed by atoms with Gasteiger partial charge in [-0.2, -0.15) is 0 Å². The van der Waals surface area contributed by atoms with Crippen molar-refractivity contribution in [3.05, 3.63) is 52.6 Å². The van der Waals surface area contributed by atoms with Gasteiger partial charge in [-0.1, -0.05) is 42.2 Å². The molecule has 22 heavy (non-hydrogen) atoms. The van der Waals surface area contributed by atoms with E-state index in [1.165, 1.54) is 23.9 Å². The van der Waals surface area contributed by atoms with Gasteiger partial charge in [0, 0.05) is 11.6 Å². The standard InChI is InChI=1S/C15H9NO4S2/c17-13-12(22-15(21)16-13)7-10-4-5-11(20-10)8-2-1-3-9(6-8)14(18)19/h1-7H,(H,18,19)(H,16,17,21)/p-1/b12-7-. The first-order valence-electron chi connectivity index (χ1n) is 6.19. The molecule has 1 fully saturated rings. The van der Waals surface area contributed by atoms with Crippen LogP contribution in [0, 0.1) is 0 Å². The summed E-state index contributed by atoms with van der Waals surface area (Å²) in [6.07, 6.45) is 1.59. The molecule has 1 aromatic carbocycles. The van der Waals surface area contributed by atoms with E-state index in [4.69, 9.17) is 16.6 Å². The fraction of sp³-hybridized carbons (Fsp3) is 0. The average Bonchev–Trinajstić information content (AvgIpc) is 3.06. The van der Waals surface area contributed by atoms with E-state index >= 15 is 0 Å². The minimum atomic E-state index is -1.25. The summed E-state index contributed by atoms with van der Waals surface area (Å²) in [6.45, 7) is 0. The number of carboxylic acid groups (broad SMARTS) is 1. The van der Waals surface area contributed by atoms with Crippen molar-refractivity contribution in [2.24, 2.45) is 0 Å². The first-order valence-corrected chi connectivity index (χ1v) is 7.42. The number of amides is 1. The van der Waals surface area contributed by atoms with Gasteiger partial charge in [0.1, 0.15) is 15.8 Å². The van der Waals surface area contributed by atoms with Crippen molar-refractivity contribution >= 4 is 46.3 Å². The number of thiocarbonyl (C=S) groups is 1. The topological polar surface area (TPSA) is 82.4 Å². The predicted octanol–water partition coefficient (Wildman–Crippen LogP) is 1.80. The summed E-state index contributed by atoms with van der Waals surface area (Å²) >= 11 is 6.07. The highest BCUT2D eigenvalue weighted by Crippen LogP contribution is 2.28. The van der Waals surface area contributed by atoms with Crippen LogP contribution in [0.3, 0.4) is 0 Å². The summed E-state index contributed by atoms with van der Waals surface area (Å²) in [5.74, 6) is -0.521. The zero-order valence-electron chi connectivity index (χ0n) is 11.0. The van der Waals surface area contributed by atoms with Crippen LogP contribution in [-0.2, 0) is 4.79 Å². The number of carboxylic acids is 1. The number of benzene rings is 1. The molecule has 1 N–H and O–H groups in total. The molecule has 2 heterocycles. The summed E-state index contributed by atoms with van der Waals surface area (Å²) in [4.78, 5) is 22.9. The first-order chi connectivity index (χ1) is 10.5. The number of thioether (sulfide) groups is 1. The van der Waals surface area contributed by atoms with E-state index < -0.39 is 5.97 Å². The monoisotopic (exact) mass is 330 g/mol. The summed E-state index contributed by atoms with van der Waals surface area (Å²) in [7, 11) is 0. The number of furan rings is 1. The highest BCUT2D eigenvalue weighted by molar-refractivity contribution is 8.26. The summed E-state index contributed by atoms with van der Waals surface area (Å²) in [5, 5.41) is 13.4. The lowest BCUT2D eigenvalue weighted by Gasteiger charge is -2.03. The Morgan fingerprint density at radius 1 is 1.32 bits per heavy atom. The fourth-order valence-electron chi connectivity index (χ4n) is 1.94. The molecule has 1 aliphatic rings. The molecule has 1 aliphatic heterocycles. The van der Waals surface area contributed by atoms with Gasteiger partial charge >= 0.3 is 0 Å². The van der Waals surface area contributed by atoms with E-state index in [-0.39, 0.29) is 11.5 Å². The maximum Gasteiger partial charge on any atom is 0.263 e. The maximum atomic E-state index is 11.6. The second-order valence-corrected chi connectivity index (χ2v) is 6.14. The summed E-state index contributed by atoms with van der Waals surface area (Å²) in [6, 6.07) is 9.66. The normalized spacial score (nSPS) is 16.1. The van der Waals surface area contributed by atoms with Crippen molar-refractivity contribution in [1.82, 2.24) is 5.32 Å². The fourth-order valence-corrected chi connectivity index (χ4v) is 2.96. The molecule has 0 aliphatic carbocycles. The third kappa shape index (κ3) is 2.95. The van der Waals surface area contributed by atoms with E-state index in [1.807, 2.05) is 0 Å². The minimum Gasteiger partial charge on any atom is -0.545 e. The number of hydrogen-bond acceptors (Lipinski definition) is 6. The summed E-state index contributed by atoms with van der Waals surface area (Å²) in [5.41, 5.74) is 0.690.